The van der Waals surface area contributed by atoms with Crippen LogP contribution in [0.3, 0.4) is 0 Å². The molecule has 0 radical (unpaired) electrons. The van der Waals surface area contributed by atoms with Gasteiger partial charge in [0.1, 0.15) is 22.7 Å². The summed E-state index contributed by atoms with van der Waals surface area (Å²) in [6.07, 6.45) is 12.4. The van der Waals surface area contributed by atoms with E-state index in [1.807, 2.05) is 12.2 Å². The predicted molar refractivity (Wildman–Crippen MR) is 115 cm³/mol. The molecule has 0 aromatic carbocycles. The van der Waals surface area contributed by atoms with Crippen LogP contribution in [0.4, 0.5) is 11.6 Å². The van der Waals surface area contributed by atoms with E-state index in [9.17, 15) is 0 Å². The van der Waals surface area contributed by atoms with Crippen LogP contribution in [-0.2, 0) is 12.8 Å². The van der Waals surface area contributed by atoms with Gasteiger partial charge in [-0.3, -0.25) is 0 Å². The standard InChI is InChI=1S/C22H30N6/c1-3-11-17-23-19-20(21(25-17)27-13-7-5-8-14-27)24-18(12-4-2)26-22(19)28-15-9-6-10-16-28/h3-4H,1-2,5-16H2. The van der Waals surface area contributed by atoms with E-state index in [1.54, 1.807) is 0 Å². The van der Waals surface area contributed by atoms with Crippen molar-refractivity contribution >= 4 is 22.7 Å². The second kappa shape index (κ2) is 8.67. The maximum Gasteiger partial charge on any atom is 0.159 e. The van der Waals surface area contributed by atoms with Crippen molar-refractivity contribution < 1.29 is 0 Å². The van der Waals surface area contributed by atoms with Crippen LogP contribution in [0.5, 0.6) is 0 Å². The molecule has 4 rings (SSSR count). The zero-order valence-electron chi connectivity index (χ0n) is 16.7. The Labute approximate surface area is 167 Å². The number of rotatable bonds is 6. The van der Waals surface area contributed by atoms with Gasteiger partial charge in [0.2, 0.25) is 0 Å². The average Bonchev–Trinajstić information content (AvgIpc) is 2.75. The lowest BCUT2D eigenvalue weighted by Gasteiger charge is -2.31. The Hall–Kier alpha value is -2.50. The van der Waals surface area contributed by atoms with E-state index in [1.165, 1.54) is 38.5 Å². The predicted octanol–water partition coefficient (Wildman–Crippen LogP) is 3.86. The van der Waals surface area contributed by atoms with Gasteiger partial charge in [-0.2, -0.15) is 0 Å². The van der Waals surface area contributed by atoms with Crippen molar-refractivity contribution in [3.63, 3.8) is 0 Å². The fraction of sp³-hybridized carbons (Fsp3) is 0.545. The van der Waals surface area contributed by atoms with Crippen molar-refractivity contribution in [2.24, 2.45) is 0 Å². The summed E-state index contributed by atoms with van der Waals surface area (Å²) in [5.41, 5.74) is 1.78. The van der Waals surface area contributed by atoms with Crippen molar-refractivity contribution in [2.75, 3.05) is 36.0 Å². The molecule has 2 aromatic heterocycles. The SMILES string of the molecule is C=CCc1nc(N2CCCCC2)c2nc(CC=C)nc(N3CCCCC3)c2n1. The van der Waals surface area contributed by atoms with Crippen molar-refractivity contribution in [2.45, 2.75) is 51.4 Å². The summed E-state index contributed by atoms with van der Waals surface area (Å²) < 4.78 is 0. The van der Waals surface area contributed by atoms with Gasteiger partial charge in [-0.25, -0.2) is 19.9 Å². The Morgan fingerprint density at radius 3 is 1.36 bits per heavy atom. The zero-order chi connectivity index (χ0) is 19.3. The topological polar surface area (TPSA) is 58.0 Å². The quantitative estimate of drug-likeness (QED) is 0.712. The van der Waals surface area contributed by atoms with Gasteiger partial charge < -0.3 is 9.80 Å². The monoisotopic (exact) mass is 378 g/mol. The van der Waals surface area contributed by atoms with Gasteiger partial charge in [0.25, 0.3) is 0 Å². The van der Waals surface area contributed by atoms with Crippen molar-refractivity contribution in [3.8, 4) is 0 Å². The molecule has 0 amide bonds. The van der Waals surface area contributed by atoms with Crippen LogP contribution < -0.4 is 9.80 Å². The summed E-state index contributed by atoms with van der Waals surface area (Å²) in [5.74, 6) is 3.54. The van der Waals surface area contributed by atoms with E-state index in [2.05, 4.69) is 23.0 Å². The van der Waals surface area contributed by atoms with Gasteiger partial charge in [0.15, 0.2) is 11.6 Å². The summed E-state index contributed by atoms with van der Waals surface area (Å²) in [4.78, 5) is 24.4. The van der Waals surface area contributed by atoms with E-state index >= 15 is 0 Å². The van der Waals surface area contributed by atoms with Crippen LogP contribution >= 0.6 is 0 Å². The van der Waals surface area contributed by atoms with Gasteiger partial charge >= 0.3 is 0 Å². The highest BCUT2D eigenvalue weighted by Crippen LogP contribution is 2.31. The number of allylic oxidation sites excluding steroid dienone is 2. The van der Waals surface area contributed by atoms with Crippen LogP contribution in [0.1, 0.15) is 50.2 Å². The van der Waals surface area contributed by atoms with Gasteiger partial charge in [-0.1, -0.05) is 12.2 Å². The first kappa shape index (κ1) is 18.8. The molecule has 0 unspecified atom stereocenters. The lowest BCUT2D eigenvalue weighted by molar-refractivity contribution is 0.571. The zero-order valence-corrected chi connectivity index (χ0v) is 16.7. The summed E-state index contributed by atoms with van der Waals surface area (Å²) in [6.45, 7) is 11.9. The Morgan fingerprint density at radius 1 is 0.607 bits per heavy atom. The molecule has 2 aliphatic rings. The second-order valence-electron chi connectivity index (χ2n) is 7.71. The molecule has 28 heavy (non-hydrogen) atoms. The number of aromatic nitrogens is 4. The van der Waals surface area contributed by atoms with E-state index < -0.39 is 0 Å². The number of anilines is 2. The third kappa shape index (κ3) is 3.86. The molecule has 0 N–H and O–H groups in total. The highest BCUT2D eigenvalue weighted by Gasteiger charge is 2.24. The highest BCUT2D eigenvalue weighted by molar-refractivity contribution is 5.93. The first-order chi connectivity index (χ1) is 13.8. The van der Waals surface area contributed by atoms with Gasteiger partial charge in [-0.15, -0.1) is 13.2 Å². The number of nitrogens with zero attached hydrogens (tertiary/aromatic N) is 6. The molecule has 2 aliphatic heterocycles. The van der Waals surface area contributed by atoms with E-state index in [0.717, 1.165) is 60.5 Å². The normalized spacial score (nSPS) is 17.7. The molecule has 0 saturated carbocycles. The molecule has 0 aliphatic carbocycles. The Balaban J connectivity index is 1.91. The first-order valence-electron chi connectivity index (χ1n) is 10.6. The molecule has 0 spiro atoms. The molecule has 0 bridgehead atoms. The number of hydrogen-bond acceptors (Lipinski definition) is 6. The highest BCUT2D eigenvalue weighted by atomic mass is 15.2. The van der Waals surface area contributed by atoms with Gasteiger partial charge in [0.05, 0.1) is 0 Å². The Kier molecular flexibility index (Phi) is 5.84. The summed E-state index contributed by atoms with van der Waals surface area (Å²) >= 11 is 0. The molecular weight excluding hydrogens is 348 g/mol. The molecule has 6 nitrogen and oxygen atoms in total. The van der Waals surface area contributed by atoms with Gasteiger partial charge in [-0.05, 0) is 38.5 Å². The van der Waals surface area contributed by atoms with Crippen molar-refractivity contribution in [3.05, 3.63) is 37.0 Å². The molecule has 0 atom stereocenters. The van der Waals surface area contributed by atoms with Crippen LogP contribution in [0.15, 0.2) is 25.3 Å². The summed E-state index contributed by atoms with van der Waals surface area (Å²) in [6, 6.07) is 0. The van der Waals surface area contributed by atoms with E-state index in [0.29, 0.717) is 12.8 Å². The average molecular weight is 379 g/mol. The third-order valence-corrected chi connectivity index (χ3v) is 5.56. The molecular formula is C22H30N6. The third-order valence-electron chi connectivity index (χ3n) is 5.56. The first-order valence-corrected chi connectivity index (χ1v) is 10.6. The number of piperidine rings is 2. The van der Waals surface area contributed by atoms with Crippen molar-refractivity contribution in [1.82, 2.24) is 19.9 Å². The second-order valence-corrected chi connectivity index (χ2v) is 7.71. The molecule has 148 valence electrons. The summed E-state index contributed by atoms with van der Waals surface area (Å²) in [7, 11) is 0. The summed E-state index contributed by atoms with van der Waals surface area (Å²) in [5, 5.41) is 0. The Bertz CT molecular complexity index is 778. The van der Waals surface area contributed by atoms with E-state index in [-0.39, 0.29) is 0 Å². The minimum atomic E-state index is 0.657. The fourth-order valence-electron chi connectivity index (χ4n) is 4.17. The maximum absolute atomic E-state index is 4.91. The van der Waals surface area contributed by atoms with Crippen LogP contribution in [0.25, 0.3) is 11.0 Å². The molecule has 2 aromatic rings. The molecule has 2 fully saturated rings. The van der Waals surface area contributed by atoms with Crippen LogP contribution in [0.2, 0.25) is 0 Å². The number of hydrogen-bond donors (Lipinski definition) is 0. The molecule has 6 heteroatoms. The Morgan fingerprint density at radius 2 is 1.00 bits per heavy atom. The maximum atomic E-state index is 4.91. The lowest BCUT2D eigenvalue weighted by Crippen LogP contribution is -2.32. The minimum absolute atomic E-state index is 0.657. The minimum Gasteiger partial charge on any atom is -0.355 e. The van der Waals surface area contributed by atoms with Crippen LogP contribution in [-0.4, -0.2) is 46.1 Å². The molecule has 2 saturated heterocycles. The van der Waals surface area contributed by atoms with Crippen molar-refractivity contribution in [1.29, 1.82) is 0 Å². The number of fused-ring (bicyclic) bond motifs is 1. The van der Waals surface area contributed by atoms with Gasteiger partial charge in [0, 0.05) is 39.0 Å². The van der Waals surface area contributed by atoms with Crippen LogP contribution in [0, 0.1) is 0 Å². The smallest absolute Gasteiger partial charge is 0.159 e. The fourth-order valence-corrected chi connectivity index (χ4v) is 4.17. The molecule has 4 heterocycles. The lowest BCUT2D eigenvalue weighted by atomic mass is 10.1. The largest absolute Gasteiger partial charge is 0.355 e. The van der Waals surface area contributed by atoms with E-state index in [4.69, 9.17) is 19.9 Å².